The van der Waals surface area contributed by atoms with E-state index in [4.69, 9.17) is 20.8 Å². The number of carboxylic acid groups (broad SMARTS) is 2. The zero-order chi connectivity index (χ0) is 26.9. The molecule has 2 aliphatic carbocycles. The molecule has 9 heteroatoms. The predicted molar refractivity (Wildman–Crippen MR) is 139 cm³/mol. The second kappa shape index (κ2) is 12.7. The second-order valence-corrected chi connectivity index (χ2v) is 10.3. The van der Waals surface area contributed by atoms with E-state index < -0.39 is 11.9 Å². The Kier molecular flexibility index (Phi) is 10.2. The molecule has 9 nitrogen and oxygen atoms in total. The minimum absolute atomic E-state index is 0.0370. The molecule has 2 aliphatic rings. The molecule has 3 atom stereocenters. The molecule has 0 saturated heterocycles. The van der Waals surface area contributed by atoms with Crippen LogP contribution in [0.25, 0.3) is 0 Å². The van der Waals surface area contributed by atoms with E-state index in [0.29, 0.717) is 37.1 Å². The lowest BCUT2D eigenvalue weighted by Crippen LogP contribution is -2.51. The summed E-state index contributed by atoms with van der Waals surface area (Å²) in [7, 11) is 0. The summed E-state index contributed by atoms with van der Waals surface area (Å²) in [6, 6.07) is 6.73. The molecule has 3 rings (SSSR count). The Balaban J connectivity index is 0.000000493. The molecular formula is C27H39N3O6. The molecular weight excluding hydrogens is 462 g/mol. The van der Waals surface area contributed by atoms with E-state index in [9.17, 15) is 14.8 Å². The summed E-state index contributed by atoms with van der Waals surface area (Å²) in [5.74, 6) is -1.75. The first-order valence-electron chi connectivity index (χ1n) is 12.3. The molecule has 36 heavy (non-hydrogen) atoms. The first-order chi connectivity index (χ1) is 17.0. The zero-order valence-corrected chi connectivity index (χ0v) is 21.6. The Labute approximate surface area is 212 Å². The van der Waals surface area contributed by atoms with Gasteiger partial charge < -0.3 is 26.0 Å². The highest BCUT2D eigenvalue weighted by molar-refractivity contribution is 6.03. The van der Waals surface area contributed by atoms with Gasteiger partial charge in [0.15, 0.2) is 0 Å². The molecule has 0 spiro atoms. The number of hydrogen-bond acceptors (Lipinski definition) is 7. The summed E-state index contributed by atoms with van der Waals surface area (Å²) in [6.45, 7) is 10.2. The lowest BCUT2D eigenvalue weighted by molar-refractivity contribution is -0.134. The topological polar surface area (TPSA) is 155 Å². The van der Waals surface area contributed by atoms with Crippen LogP contribution in [0.3, 0.4) is 0 Å². The SMILES string of the molecule is CC(C)c1ccc2c(c1)C(=NO)CC1[C@@](C)(C=NOCCCN)CCC[C@]21C.O=C(O)/C=C/C(=O)O. The van der Waals surface area contributed by atoms with Crippen LogP contribution in [0, 0.1) is 11.3 Å². The van der Waals surface area contributed by atoms with Crippen molar-refractivity contribution in [2.75, 3.05) is 13.2 Å². The second-order valence-electron chi connectivity index (χ2n) is 10.3. The van der Waals surface area contributed by atoms with Crippen molar-refractivity contribution in [1.29, 1.82) is 0 Å². The van der Waals surface area contributed by atoms with Gasteiger partial charge in [-0.3, -0.25) is 0 Å². The number of nitrogens with zero attached hydrogens (tertiary/aromatic N) is 2. The summed E-state index contributed by atoms with van der Waals surface area (Å²) in [4.78, 5) is 24.5. The van der Waals surface area contributed by atoms with Crippen LogP contribution in [-0.2, 0) is 19.8 Å². The number of carboxylic acids is 2. The van der Waals surface area contributed by atoms with Crippen molar-refractivity contribution in [3.8, 4) is 0 Å². The molecule has 198 valence electrons. The molecule has 1 unspecified atom stereocenters. The third-order valence-corrected chi connectivity index (χ3v) is 7.36. The van der Waals surface area contributed by atoms with Gasteiger partial charge in [-0.15, -0.1) is 0 Å². The van der Waals surface area contributed by atoms with Gasteiger partial charge in [-0.25, -0.2) is 9.59 Å². The van der Waals surface area contributed by atoms with Crippen molar-refractivity contribution >= 4 is 23.9 Å². The Morgan fingerprint density at radius 2 is 1.86 bits per heavy atom. The van der Waals surface area contributed by atoms with Gasteiger partial charge >= 0.3 is 11.9 Å². The molecule has 0 aromatic heterocycles. The largest absolute Gasteiger partial charge is 0.478 e. The number of aliphatic carboxylic acids is 2. The molecule has 5 N–H and O–H groups in total. The minimum atomic E-state index is -1.26. The van der Waals surface area contributed by atoms with E-state index in [2.05, 4.69) is 56.2 Å². The highest BCUT2D eigenvalue weighted by Crippen LogP contribution is 2.56. The third kappa shape index (κ3) is 6.94. The number of carbonyl (C=O) groups is 2. The van der Waals surface area contributed by atoms with Crippen LogP contribution in [0.15, 0.2) is 40.7 Å². The summed E-state index contributed by atoms with van der Waals surface area (Å²) < 4.78 is 0. The first-order valence-corrected chi connectivity index (χ1v) is 12.3. The van der Waals surface area contributed by atoms with Gasteiger partial charge in [0, 0.05) is 29.3 Å². The van der Waals surface area contributed by atoms with Crippen LogP contribution in [0.4, 0.5) is 0 Å². The smallest absolute Gasteiger partial charge is 0.328 e. The number of oxime groups is 2. The average molecular weight is 502 g/mol. The van der Waals surface area contributed by atoms with Crippen LogP contribution < -0.4 is 5.73 Å². The Morgan fingerprint density at radius 1 is 1.19 bits per heavy atom. The molecule has 0 heterocycles. The molecule has 1 aromatic rings. The van der Waals surface area contributed by atoms with Gasteiger partial charge in [0.1, 0.15) is 6.61 Å². The minimum Gasteiger partial charge on any atom is -0.478 e. The first kappa shape index (κ1) is 29.0. The molecule has 0 radical (unpaired) electrons. The summed E-state index contributed by atoms with van der Waals surface area (Å²) in [5.41, 5.74) is 9.97. The quantitative estimate of drug-likeness (QED) is 0.134. The van der Waals surface area contributed by atoms with Gasteiger partial charge in [-0.1, -0.05) is 56.6 Å². The van der Waals surface area contributed by atoms with Gasteiger partial charge in [0.25, 0.3) is 0 Å². The molecule has 1 aromatic carbocycles. The zero-order valence-electron chi connectivity index (χ0n) is 21.6. The maximum Gasteiger partial charge on any atom is 0.328 e. The summed E-state index contributed by atoms with van der Waals surface area (Å²) in [5, 5.41) is 33.4. The number of rotatable bonds is 8. The molecule has 0 bridgehead atoms. The van der Waals surface area contributed by atoms with Crippen LogP contribution in [0.1, 0.15) is 82.4 Å². The highest BCUT2D eigenvalue weighted by atomic mass is 16.6. The van der Waals surface area contributed by atoms with Crippen LogP contribution >= 0.6 is 0 Å². The Morgan fingerprint density at radius 3 is 2.42 bits per heavy atom. The molecule has 1 fully saturated rings. The van der Waals surface area contributed by atoms with E-state index in [1.807, 2.05) is 6.21 Å². The highest BCUT2D eigenvalue weighted by Gasteiger charge is 2.53. The van der Waals surface area contributed by atoms with E-state index in [-0.39, 0.29) is 10.8 Å². The van der Waals surface area contributed by atoms with E-state index in [1.165, 1.54) is 11.1 Å². The van der Waals surface area contributed by atoms with Crippen molar-refractivity contribution in [3.63, 3.8) is 0 Å². The monoisotopic (exact) mass is 501 g/mol. The third-order valence-electron chi connectivity index (χ3n) is 7.36. The maximum atomic E-state index is 9.80. The Hall–Kier alpha value is -3.20. The van der Waals surface area contributed by atoms with Crippen molar-refractivity contribution in [3.05, 3.63) is 47.0 Å². The lowest BCUT2D eigenvalue weighted by atomic mass is 9.50. The number of fused-ring (bicyclic) bond motifs is 3. The van der Waals surface area contributed by atoms with E-state index in [0.717, 1.165) is 43.4 Å². The van der Waals surface area contributed by atoms with Crippen LogP contribution in [0.2, 0.25) is 0 Å². The number of hydrogen-bond donors (Lipinski definition) is 4. The van der Waals surface area contributed by atoms with Crippen molar-refractivity contribution in [2.24, 2.45) is 27.4 Å². The Bertz CT molecular complexity index is 1000. The molecule has 0 amide bonds. The van der Waals surface area contributed by atoms with Crippen LogP contribution in [-0.4, -0.2) is 52.4 Å². The van der Waals surface area contributed by atoms with Gasteiger partial charge in [-0.05, 0) is 66.7 Å². The fourth-order valence-corrected chi connectivity index (χ4v) is 5.40. The maximum absolute atomic E-state index is 9.80. The number of nitrogens with two attached hydrogens (primary N) is 1. The van der Waals surface area contributed by atoms with Crippen LogP contribution in [0.5, 0.6) is 0 Å². The van der Waals surface area contributed by atoms with Gasteiger partial charge in [0.05, 0.1) is 5.71 Å². The fourth-order valence-electron chi connectivity index (χ4n) is 5.40. The predicted octanol–water partition coefficient (Wildman–Crippen LogP) is 4.52. The van der Waals surface area contributed by atoms with Crippen molar-refractivity contribution in [1.82, 2.24) is 0 Å². The lowest BCUT2D eigenvalue weighted by Gasteiger charge is -2.54. The van der Waals surface area contributed by atoms with E-state index in [1.54, 1.807) is 0 Å². The average Bonchev–Trinajstić information content (AvgIpc) is 2.82. The summed E-state index contributed by atoms with van der Waals surface area (Å²) >= 11 is 0. The van der Waals surface area contributed by atoms with Crippen molar-refractivity contribution in [2.45, 2.75) is 71.1 Å². The van der Waals surface area contributed by atoms with Gasteiger partial charge in [-0.2, -0.15) is 0 Å². The fraction of sp³-hybridized carbons (Fsp3) is 0.556. The summed E-state index contributed by atoms with van der Waals surface area (Å²) in [6.07, 6.45) is 8.03. The van der Waals surface area contributed by atoms with Gasteiger partial charge in [0.2, 0.25) is 0 Å². The van der Waals surface area contributed by atoms with E-state index >= 15 is 0 Å². The van der Waals surface area contributed by atoms with Crippen molar-refractivity contribution < 1.29 is 29.8 Å². The number of benzene rings is 1. The standard InChI is InChI=1S/C23H35N3O2.C4H4O4/c1-16(2)17-7-8-19-18(13-17)20(26-27)14-21-22(3,9-5-10-23(19,21)4)15-25-28-12-6-11-24;5-3(6)1-2-4(7)8/h7-8,13,15-16,21,27H,5-6,9-12,14,24H2,1-4H3;1-2H,(H,5,6)(H,7,8)/b;2-1+/t21?,22-,23-;/m1./s1. The molecule has 0 aliphatic heterocycles. The normalized spacial score (nSPS) is 26.4. The molecule has 1 saturated carbocycles.